The molecule has 0 bridgehead atoms. The summed E-state index contributed by atoms with van der Waals surface area (Å²) in [6.07, 6.45) is 6.37. The van der Waals surface area contributed by atoms with Crippen LogP contribution in [0.25, 0.3) is 0 Å². The fraction of sp³-hybridized carbons (Fsp3) is 0.640. The molecule has 2 amide bonds. The minimum absolute atomic E-state index is 0.153. The zero-order chi connectivity index (χ0) is 22.9. The van der Waals surface area contributed by atoms with Crippen LogP contribution in [0.5, 0.6) is 0 Å². The van der Waals surface area contributed by atoms with Gasteiger partial charge in [-0.15, -0.1) is 11.8 Å². The maximum absolute atomic E-state index is 13.3. The lowest BCUT2D eigenvalue weighted by molar-refractivity contribution is -0.159. The molecule has 32 heavy (non-hydrogen) atoms. The van der Waals surface area contributed by atoms with Crippen LogP contribution in [0.3, 0.4) is 0 Å². The maximum atomic E-state index is 13.3. The van der Waals surface area contributed by atoms with Crippen LogP contribution in [0.2, 0.25) is 0 Å². The molecule has 3 aliphatic rings. The lowest BCUT2D eigenvalue weighted by atomic mass is 9.77. The average Bonchev–Trinajstić information content (AvgIpc) is 3.42. The Balaban J connectivity index is 1.63. The summed E-state index contributed by atoms with van der Waals surface area (Å²) >= 11 is 1.86. The summed E-state index contributed by atoms with van der Waals surface area (Å²) in [7, 11) is 1.38. The molecule has 1 aromatic rings. The number of fused-ring (bicyclic) bond motifs is 3. The minimum atomic E-state index is -1.03. The molecule has 174 valence electrons. The summed E-state index contributed by atoms with van der Waals surface area (Å²) < 4.78 is 5.21. The van der Waals surface area contributed by atoms with E-state index in [4.69, 9.17) is 4.74 Å². The summed E-state index contributed by atoms with van der Waals surface area (Å²) in [6.45, 7) is 5.06. The van der Waals surface area contributed by atoms with E-state index >= 15 is 0 Å². The molecule has 6 nitrogen and oxygen atoms in total. The summed E-state index contributed by atoms with van der Waals surface area (Å²) in [5.41, 5.74) is -0.0323. The molecule has 0 unspecified atom stereocenters. The number of carbonyl (C=O) groups is 3. The average molecular weight is 459 g/mol. The number of likely N-dealkylation sites (tertiary alicyclic amines) is 1. The summed E-state index contributed by atoms with van der Waals surface area (Å²) in [5.74, 6) is -0.854. The molecule has 0 saturated carbocycles. The highest BCUT2D eigenvalue weighted by Gasteiger charge is 2.73. The zero-order valence-electron chi connectivity index (χ0n) is 19.3. The van der Waals surface area contributed by atoms with Crippen molar-refractivity contribution in [3.8, 4) is 0 Å². The summed E-state index contributed by atoms with van der Waals surface area (Å²) in [5, 5.41) is 0. The summed E-state index contributed by atoms with van der Waals surface area (Å²) in [4.78, 5) is 44.3. The van der Waals surface area contributed by atoms with Crippen LogP contribution in [0.1, 0.15) is 64.0 Å². The van der Waals surface area contributed by atoms with E-state index in [1.54, 1.807) is 0 Å². The zero-order valence-corrected chi connectivity index (χ0v) is 20.2. The van der Waals surface area contributed by atoms with Crippen molar-refractivity contribution in [1.29, 1.82) is 0 Å². The van der Waals surface area contributed by atoms with Crippen LogP contribution in [-0.2, 0) is 19.1 Å². The second-order valence-electron chi connectivity index (χ2n) is 9.06. The van der Waals surface area contributed by atoms with Crippen molar-refractivity contribution in [2.24, 2.45) is 11.8 Å². The molecule has 0 aromatic heterocycles. The van der Waals surface area contributed by atoms with Crippen LogP contribution in [0, 0.1) is 11.8 Å². The number of hydrogen-bond donors (Lipinski definition) is 0. The first-order chi connectivity index (χ1) is 15.5. The van der Waals surface area contributed by atoms with E-state index in [1.165, 1.54) is 42.6 Å². The van der Waals surface area contributed by atoms with Crippen molar-refractivity contribution in [3.05, 3.63) is 29.8 Å². The molecule has 0 radical (unpaired) electrons. The van der Waals surface area contributed by atoms with Crippen molar-refractivity contribution in [2.75, 3.05) is 26.0 Å². The Morgan fingerprint density at radius 2 is 1.88 bits per heavy atom. The number of hydrogen-bond acceptors (Lipinski definition) is 6. The lowest BCUT2D eigenvalue weighted by Crippen LogP contribution is -2.54. The van der Waals surface area contributed by atoms with Crippen molar-refractivity contribution in [3.63, 3.8) is 0 Å². The van der Waals surface area contributed by atoms with Gasteiger partial charge in [-0.25, -0.2) is 0 Å². The molecular formula is C25H34N2O4S. The maximum Gasteiger partial charge on any atom is 0.327 e. The van der Waals surface area contributed by atoms with E-state index in [0.717, 1.165) is 17.7 Å². The quantitative estimate of drug-likeness (QED) is 0.241. The molecule has 3 heterocycles. The fourth-order valence-corrected chi connectivity index (χ4v) is 6.96. The molecule has 3 saturated heterocycles. The second kappa shape index (κ2) is 9.56. The number of esters is 1. The van der Waals surface area contributed by atoms with Gasteiger partial charge in [-0.3, -0.25) is 24.2 Å². The molecule has 0 N–H and O–H groups in total. The van der Waals surface area contributed by atoms with Crippen molar-refractivity contribution < 1.29 is 19.1 Å². The lowest BCUT2D eigenvalue weighted by Gasteiger charge is -2.36. The van der Waals surface area contributed by atoms with E-state index in [1.807, 2.05) is 18.7 Å². The number of methoxy groups -OCH3 is 1. The predicted octanol–water partition coefficient (Wildman–Crippen LogP) is 4.04. The number of benzene rings is 1. The smallest absolute Gasteiger partial charge is 0.327 e. The number of imide groups is 1. The molecule has 0 spiro atoms. The number of thioether (sulfide) groups is 1. The van der Waals surface area contributed by atoms with Gasteiger partial charge >= 0.3 is 5.97 Å². The van der Waals surface area contributed by atoms with Gasteiger partial charge in [0.1, 0.15) is 5.54 Å². The van der Waals surface area contributed by atoms with Crippen LogP contribution >= 0.6 is 11.8 Å². The van der Waals surface area contributed by atoms with Gasteiger partial charge in [0.2, 0.25) is 11.8 Å². The molecular weight excluding hydrogens is 424 g/mol. The topological polar surface area (TPSA) is 66.9 Å². The number of amides is 2. The van der Waals surface area contributed by atoms with E-state index in [9.17, 15) is 14.4 Å². The molecule has 4 rings (SSSR count). The number of ether oxygens (including phenoxy) is 1. The normalized spacial score (nSPS) is 29.5. The van der Waals surface area contributed by atoms with Gasteiger partial charge < -0.3 is 4.74 Å². The third-order valence-electron chi connectivity index (χ3n) is 7.45. The third kappa shape index (κ3) is 3.58. The van der Waals surface area contributed by atoms with E-state index in [2.05, 4.69) is 36.1 Å². The first-order valence-electron chi connectivity index (χ1n) is 11.9. The SMILES string of the molecule is CCCCCCSc1ccc([C@@H]2[C@H]3C(=O)N(CC)C(=O)[C@H]3[C@]3(C(=O)OC)CCCN23)cc1. The van der Waals surface area contributed by atoms with Crippen LogP contribution in [-0.4, -0.2) is 59.1 Å². The molecule has 0 aliphatic carbocycles. The Kier molecular flexibility index (Phi) is 6.96. The van der Waals surface area contributed by atoms with E-state index in [-0.39, 0.29) is 23.8 Å². The Labute approximate surface area is 195 Å². The number of carbonyl (C=O) groups excluding carboxylic acids is 3. The van der Waals surface area contributed by atoms with Gasteiger partial charge in [-0.2, -0.15) is 0 Å². The monoisotopic (exact) mass is 458 g/mol. The van der Waals surface area contributed by atoms with E-state index < -0.39 is 17.4 Å². The standard InChI is InChI=1S/C25H34N2O4S/c1-4-6-7-8-16-32-18-12-10-17(11-13-18)21-19-20(23(29)26(5-2)22(19)28)25(24(30)31-3)14-9-15-27(21)25/h10-13,19-21H,4-9,14-16H2,1-3H3/t19-,20-,21+,25-/m0/s1. The van der Waals surface area contributed by atoms with Gasteiger partial charge in [0.15, 0.2) is 0 Å². The second-order valence-corrected chi connectivity index (χ2v) is 10.2. The first-order valence-corrected chi connectivity index (χ1v) is 12.9. The summed E-state index contributed by atoms with van der Waals surface area (Å²) in [6, 6.07) is 8.10. The highest BCUT2D eigenvalue weighted by molar-refractivity contribution is 7.99. The Morgan fingerprint density at radius 3 is 2.53 bits per heavy atom. The highest BCUT2D eigenvalue weighted by Crippen LogP contribution is 2.59. The largest absolute Gasteiger partial charge is 0.468 e. The Morgan fingerprint density at radius 1 is 1.12 bits per heavy atom. The van der Waals surface area contributed by atoms with Gasteiger partial charge in [-0.1, -0.05) is 38.3 Å². The number of nitrogens with zero attached hydrogens (tertiary/aromatic N) is 2. The molecule has 3 fully saturated rings. The minimum Gasteiger partial charge on any atom is -0.468 e. The molecule has 1 aromatic carbocycles. The van der Waals surface area contributed by atoms with Gasteiger partial charge in [0.25, 0.3) is 0 Å². The fourth-order valence-electron chi connectivity index (χ4n) is 6.05. The van der Waals surface area contributed by atoms with Crippen molar-refractivity contribution in [2.45, 2.75) is 68.8 Å². The molecule has 3 aliphatic heterocycles. The van der Waals surface area contributed by atoms with Crippen LogP contribution in [0.4, 0.5) is 0 Å². The molecule has 7 heteroatoms. The van der Waals surface area contributed by atoms with Crippen LogP contribution in [0.15, 0.2) is 29.2 Å². The number of unbranched alkanes of at least 4 members (excludes halogenated alkanes) is 3. The highest BCUT2D eigenvalue weighted by atomic mass is 32.2. The predicted molar refractivity (Wildman–Crippen MR) is 124 cm³/mol. The van der Waals surface area contributed by atoms with Gasteiger partial charge in [-0.05, 0) is 56.2 Å². The third-order valence-corrected chi connectivity index (χ3v) is 8.54. The van der Waals surface area contributed by atoms with Gasteiger partial charge in [0.05, 0.1) is 18.9 Å². The van der Waals surface area contributed by atoms with E-state index in [0.29, 0.717) is 19.5 Å². The van der Waals surface area contributed by atoms with Crippen LogP contribution < -0.4 is 0 Å². The number of rotatable bonds is 9. The van der Waals surface area contributed by atoms with Crippen molar-refractivity contribution in [1.82, 2.24) is 9.80 Å². The first kappa shape index (κ1) is 23.3. The molecule has 4 atom stereocenters. The Bertz CT molecular complexity index is 873. The van der Waals surface area contributed by atoms with Crippen molar-refractivity contribution >= 4 is 29.5 Å². The van der Waals surface area contributed by atoms with Gasteiger partial charge in [0, 0.05) is 17.5 Å². The Hall–Kier alpha value is -1.86.